The van der Waals surface area contributed by atoms with Crippen molar-refractivity contribution in [2.75, 3.05) is 0 Å². The van der Waals surface area contributed by atoms with E-state index in [1.807, 2.05) is 0 Å². The number of nitrogens with zero attached hydrogens (tertiary/aromatic N) is 1. The van der Waals surface area contributed by atoms with E-state index in [1.165, 1.54) is 30.3 Å². The Balaban J connectivity index is 1.41. The normalized spacial score (nSPS) is 20.0. The largest absolute Gasteiger partial charge is 0.573 e. The number of hydrogen-bond acceptors (Lipinski definition) is 4. The Morgan fingerprint density at radius 3 is 2.00 bits per heavy atom. The predicted octanol–water partition coefficient (Wildman–Crippen LogP) is 7.96. The molecule has 2 atom stereocenters. The molecule has 9 heteroatoms. The Bertz CT molecular complexity index is 1330. The molecular weight excluding hydrogens is 517 g/mol. The van der Waals surface area contributed by atoms with Crippen LogP contribution in [-0.4, -0.2) is 24.1 Å². The van der Waals surface area contributed by atoms with Gasteiger partial charge in [0, 0.05) is 12.1 Å². The number of halogens is 5. The Morgan fingerprint density at radius 2 is 1.41 bits per heavy atom. The molecule has 0 saturated heterocycles. The number of benzene rings is 3. The summed E-state index contributed by atoms with van der Waals surface area (Å²) in [4.78, 5) is 17.9. The van der Waals surface area contributed by atoms with Crippen LogP contribution in [0.5, 0.6) is 5.75 Å². The van der Waals surface area contributed by atoms with Crippen LogP contribution < -0.4 is 4.74 Å². The maximum atomic E-state index is 14.6. The van der Waals surface area contributed by atoms with Gasteiger partial charge in [0.15, 0.2) is 0 Å². The molecule has 1 heterocycles. The molecule has 1 saturated carbocycles. The highest BCUT2D eigenvalue weighted by molar-refractivity contribution is 6.04. The fourth-order valence-corrected chi connectivity index (χ4v) is 5.25. The van der Waals surface area contributed by atoms with Gasteiger partial charge in [-0.2, -0.15) is 0 Å². The second-order valence-corrected chi connectivity index (χ2v) is 9.82. The van der Waals surface area contributed by atoms with Gasteiger partial charge in [-0.3, -0.25) is 9.79 Å². The number of rotatable bonds is 6. The fraction of sp³-hybridized carbons (Fsp3) is 0.333. The molecule has 2 aliphatic rings. The molecule has 4 nitrogen and oxygen atoms in total. The molecule has 3 aromatic carbocycles. The molecule has 0 radical (unpaired) electrons. The highest BCUT2D eigenvalue weighted by Gasteiger charge is 2.40. The predicted molar refractivity (Wildman–Crippen MR) is 135 cm³/mol. The van der Waals surface area contributed by atoms with Crippen LogP contribution in [0.1, 0.15) is 55.7 Å². The summed E-state index contributed by atoms with van der Waals surface area (Å²) in [7, 11) is 0. The minimum atomic E-state index is -4.77. The van der Waals surface area contributed by atoms with Gasteiger partial charge >= 0.3 is 12.3 Å². The number of carbonyl (C=O) groups is 1. The van der Waals surface area contributed by atoms with Gasteiger partial charge in [-0.15, -0.1) is 13.2 Å². The van der Waals surface area contributed by atoms with E-state index in [9.17, 15) is 26.7 Å². The number of esters is 1. The zero-order chi connectivity index (χ0) is 27.6. The Labute approximate surface area is 222 Å². The molecule has 0 bridgehead atoms. The molecule has 204 valence electrons. The molecule has 3 aromatic rings. The number of ether oxygens (including phenoxy) is 2. The average Bonchev–Trinajstić information content (AvgIpc) is 3.34. The summed E-state index contributed by atoms with van der Waals surface area (Å²) in [5, 5.41) is 0. The van der Waals surface area contributed by atoms with Gasteiger partial charge in [0.25, 0.3) is 0 Å². The van der Waals surface area contributed by atoms with Crippen molar-refractivity contribution in [3.05, 3.63) is 89.5 Å². The highest BCUT2D eigenvalue weighted by atomic mass is 19.4. The molecule has 0 aromatic heterocycles. The quantitative estimate of drug-likeness (QED) is 0.234. The molecule has 2 unspecified atom stereocenters. The zero-order valence-corrected chi connectivity index (χ0v) is 20.9. The van der Waals surface area contributed by atoms with Gasteiger partial charge in [0.2, 0.25) is 0 Å². The van der Waals surface area contributed by atoms with E-state index in [-0.39, 0.29) is 29.5 Å². The molecule has 5 rings (SSSR count). The second-order valence-electron chi connectivity index (χ2n) is 9.82. The van der Waals surface area contributed by atoms with Crippen molar-refractivity contribution in [1.29, 1.82) is 0 Å². The highest BCUT2D eigenvalue weighted by Crippen LogP contribution is 2.40. The first kappa shape index (κ1) is 26.8. The molecule has 0 spiro atoms. The minimum absolute atomic E-state index is 0.0382. The Kier molecular flexibility index (Phi) is 7.68. The van der Waals surface area contributed by atoms with E-state index < -0.39 is 35.9 Å². The molecular formula is C30H26F5NO3. The summed E-state index contributed by atoms with van der Waals surface area (Å²) in [5.74, 6) is -3.00. The number of carbonyl (C=O) groups excluding carboxylic acids is 1. The van der Waals surface area contributed by atoms with Crippen LogP contribution >= 0.6 is 0 Å². The SMILES string of the molecule is O=C(OC1CCCCC1)C1CC(c2c(F)cccc2F)=NC1c1ccc(-c2ccc(OC(F)(F)F)cc2)cc1. The Hall–Kier alpha value is -3.75. The van der Waals surface area contributed by atoms with E-state index in [0.717, 1.165) is 49.8 Å². The fourth-order valence-electron chi connectivity index (χ4n) is 5.25. The van der Waals surface area contributed by atoms with Crippen molar-refractivity contribution in [3.63, 3.8) is 0 Å². The van der Waals surface area contributed by atoms with E-state index >= 15 is 0 Å². The van der Waals surface area contributed by atoms with Crippen molar-refractivity contribution >= 4 is 11.7 Å². The van der Waals surface area contributed by atoms with Gasteiger partial charge in [-0.1, -0.05) is 48.9 Å². The van der Waals surface area contributed by atoms with Crippen LogP contribution in [0, 0.1) is 17.6 Å². The molecule has 39 heavy (non-hydrogen) atoms. The number of hydrogen-bond donors (Lipinski definition) is 0. The van der Waals surface area contributed by atoms with E-state index in [4.69, 9.17) is 4.74 Å². The van der Waals surface area contributed by atoms with Crippen LogP contribution in [0.3, 0.4) is 0 Å². The lowest BCUT2D eigenvalue weighted by Gasteiger charge is -2.25. The number of alkyl halides is 3. The summed E-state index contributed by atoms with van der Waals surface area (Å²) < 4.78 is 76.3. The van der Waals surface area contributed by atoms with E-state index in [1.54, 1.807) is 24.3 Å². The maximum absolute atomic E-state index is 14.6. The average molecular weight is 544 g/mol. The molecule has 1 aliphatic heterocycles. The lowest BCUT2D eigenvalue weighted by molar-refractivity contribution is -0.274. The topological polar surface area (TPSA) is 47.9 Å². The third-order valence-corrected chi connectivity index (χ3v) is 7.15. The Morgan fingerprint density at radius 1 is 0.821 bits per heavy atom. The summed E-state index contributed by atoms with van der Waals surface area (Å²) in [5.41, 5.74) is 1.97. The molecule has 0 N–H and O–H groups in total. The van der Waals surface area contributed by atoms with E-state index in [0.29, 0.717) is 11.1 Å². The minimum Gasteiger partial charge on any atom is -0.462 e. The lowest BCUT2D eigenvalue weighted by atomic mass is 9.90. The second kappa shape index (κ2) is 11.2. The molecule has 1 aliphatic carbocycles. The van der Waals surface area contributed by atoms with Crippen molar-refractivity contribution in [2.45, 2.75) is 57.0 Å². The monoisotopic (exact) mass is 543 g/mol. The van der Waals surface area contributed by atoms with Gasteiger partial charge in [0.05, 0.1) is 17.5 Å². The number of aliphatic imine (C=N–C) groups is 1. The summed E-state index contributed by atoms with van der Waals surface area (Å²) in [6, 6.07) is 15.4. The smallest absolute Gasteiger partial charge is 0.462 e. The standard InChI is InChI=1S/C30H26F5NO3/c31-24-7-4-8-25(32)27(24)26-17-23(29(37)38-21-5-2-1-3-6-21)28(36-26)20-11-9-18(10-12-20)19-13-15-22(16-14-19)39-30(33,34)35/h4,7-16,21,23,28H,1-3,5-6,17H2. The first-order chi connectivity index (χ1) is 18.7. The van der Waals surface area contributed by atoms with Gasteiger partial charge in [-0.05, 0) is 66.6 Å². The van der Waals surface area contributed by atoms with Crippen molar-refractivity contribution in [1.82, 2.24) is 0 Å². The third kappa shape index (κ3) is 6.29. The first-order valence-electron chi connectivity index (χ1n) is 12.9. The van der Waals surface area contributed by atoms with Crippen molar-refractivity contribution in [3.8, 4) is 16.9 Å². The van der Waals surface area contributed by atoms with E-state index in [2.05, 4.69) is 9.73 Å². The van der Waals surface area contributed by atoms with Crippen LogP contribution in [0.15, 0.2) is 71.7 Å². The zero-order valence-electron chi connectivity index (χ0n) is 20.9. The van der Waals surface area contributed by atoms with Crippen LogP contribution in [-0.2, 0) is 9.53 Å². The van der Waals surface area contributed by atoms with Gasteiger partial charge < -0.3 is 9.47 Å². The maximum Gasteiger partial charge on any atom is 0.573 e. The van der Waals surface area contributed by atoms with Crippen LogP contribution in [0.2, 0.25) is 0 Å². The van der Waals surface area contributed by atoms with Crippen LogP contribution in [0.4, 0.5) is 22.0 Å². The van der Waals surface area contributed by atoms with Crippen LogP contribution in [0.25, 0.3) is 11.1 Å². The third-order valence-electron chi connectivity index (χ3n) is 7.15. The lowest BCUT2D eigenvalue weighted by Crippen LogP contribution is -2.28. The van der Waals surface area contributed by atoms with Gasteiger partial charge in [0.1, 0.15) is 23.5 Å². The van der Waals surface area contributed by atoms with Gasteiger partial charge in [-0.25, -0.2) is 8.78 Å². The first-order valence-corrected chi connectivity index (χ1v) is 12.9. The van der Waals surface area contributed by atoms with Crippen molar-refractivity contribution in [2.24, 2.45) is 10.9 Å². The summed E-state index contributed by atoms with van der Waals surface area (Å²) >= 11 is 0. The molecule has 0 amide bonds. The summed E-state index contributed by atoms with van der Waals surface area (Å²) in [6.07, 6.45) is -0.253. The summed E-state index contributed by atoms with van der Waals surface area (Å²) in [6.45, 7) is 0. The molecule has 1 fully saturated rings. The van der Waals surface area contributed by atoms with Crippen molar-refractivity contribution < 1.29 is 36.2 Å².